The highest BCUT2D eigenvalue weighted by atomic mass is 28.3. The lowest BCUT2D eigenvalue weighted by Crippen LogP contribution is -2.17. The maximum atomic E-state index is 11.3. The molecule has 0 aliphatic heterocycles. The topological polar surface area (TPSA) is 35.5 Å². The first kappa shape index (κ1) is 14.5. The van der Waals surface area contributed by atoms with E-state index >= 15 is 0 Å². The van der Waals surface area contributed by atoms with Crippen LogP contribution in [0.1, 0.15) is 11.7 Å². The average molecular weight is 264 g/mol. The Morgan fingerprint density at radius 3 is 2.33 bits per heavy atom. The third-order valence-corrected chi connectivity index (χ3v) is 3.48. The lowest BCUT2D eigenvalue weighted by atomic mass is 10.1. The van der Waals surface area contributed by atoms with E-state index in [9.17, 15) is 4.79 Å². The highest BCUT2D eigenvalue weighted by Crippen LogP contribution is 2.20. The van der Waals surface area contributed by atoms with Gasteiger partial charge in [0, 0.05) is 0 Å². The first-order chi connectivity index (χ1) is 8.42. The quantitative estimate of drug-likeness (QED) is 0.610. The second kappa shape index (κ2) is 6.40. The summed E-state index contributed by atoms with van der Waals surface area (Å²) in [5, 5.41) is 0. The van der Waals surface area contributed by atoms with Crippen LogP contribution in [0.4, 0.5) is 4.79 Å². The van der Waals surface area contributed by atoms with Crippen LogP contribution in [0.25, 0.3) is 0 Å². The van der Waals surface area contributed by atoms with Gasteiger partial charge in [-0.15, -0.1) is 0 Å². The Labute approximate surface area is 109 Å². The van der Waals surface area contributed by atoms with E-state index in [0.717, 1.165) is 5.56 Å². The van der Waals surface area contributed by atoms with Gasteiger partial charge in [0.1, 0.15) is 6.10 Å². The molecule has 0 amide bonds. The van der Waals surface area contributed by atoms with E-state index in [4.69, 9.17) is 4.74 Å². The number of methoxy groups -OCH3 is 1. The molecular formula is C14H20O3Si. The second-order valence-electron chi connectivity index (χ2n) is 5.13. The predicted octanol–water partition coefficient (Wildman–Crippen LogP) is 3.94. The maximum absolute atomic E-state index is 11.3. The van der Waals surface area contributed by atoms with Crippen molar-refractivity contribution in [2.24, 2.45) is 0 Å². The molecule has 1 aromatic rings. The van der Waals surface area contributed by atoms with Gasteiger partial charge in [-0.3, -0.25) is 0 Å². The van der Waals surface area contributed by atoms with E-state index in [1.807, 2.05) is 36.4 Å². The zero-order valence-corrected chi connectivity index (χ0v) is 12.3. The minimum absolute atomic E-state index is 0.384. The molecule has 0 aliphatic carbocycles. The van der Waals surface area contributed by atoms with Crippen molar-refractivity contribution in [1.82, 2.24) is 0 Å². The van der Waals surface area contributed by atoms with Gasteiger partial charge in [0.2, 0.25) is 0 Å². The molecule has 0 spiro atoms. The Morgan fingerprint density at radius 2 is 1.83 bits per heavy atom. The van der Waals surface area contributed by atoms with Crippen molar-refractivity contribution in [3.8, 4) is 0 Å². The molecule has 1 atom stereocenters. The van der Waals surface area contributed by atoms with Gasteiger partial charge >= 0.3 is 6.16 Å². The van der Waals surface area contributed by atoms with Gasteiger partial charge in [-0.2, -0.15) is 0 Å². The third-order valence-electron chi connectivity index (χ3n) is 2.29. The largest absolute Gasteiger partial charge is 0.508 e. The van der Waals surface area contributed by atoms with Crippen LogP contribution in [0, 0.1) is 0 Å². The third kappa shape index (κ3) is 5.18. The fraction of sp³-hybridized carbons (Fsp3) is 0.357. The molecule has 0 aromatic heterocycles. The summed E-state index contributed by atoms with van der Waals surface area (Å²) in [6, 6.07) is 9.64. The molecule has 0 aliphatic rings. The first-order valence-electron chi connectivity index (χ1n) is 5.91. The summed E-state index contributed by atoms with van der Waals surface area (Å²) >= 11 is 0. The molecule has 3 nitrogen and oxygen atoms in total. The summed E-state index contributed by atoms with van der Waals surface area (Å²) in [4.78, 5) is 11.3. The number of carbonyl (C=O) groups excluding carboxylic acids is 1. The molecule has 0 saturated carbocycles. The number of benzene rings is 1. The van der Waals surface area contributed by atoms with E-state index in [-0.39, 0.29) is 6.10 Å². The van der Waals surface area contributed by atoms with Gasteiger partial charge in [0.15, 0.2) is 0 Å². The van der Waals surface area contributed by atoms with Crippen molar-refractivity contribution >= 4 is 14.2 Å². The van der Waals surface area contributed by atoms with E-state index < -0.39 is 14.2 Å². The molecule has 1 rings (SSSR count). The molecule has 18 heavy (non-hydrogen) atoms. The van der Waals surface area contributed by atoms with Gasteiger partial charge in [-0.1, -0.05) is 55.7 Å². The summed E-state index contributed by atoms with van der Waals surface area (Å²) in [5.74, 6) is 0. The Morgan fingerprint density at radius 1 is 1.22 bits per heavy atom. The minimum atomic E-state index is -1.33. The smallest absolute Gasteiger partial charge is 0.438 e. The number of ether oxygens (including phenoxy) is 2. The van der Waals surface area contributed by atoms with Crippen LogP contribution >= 0.6 is 0 Å². The Bertz CT molecular complexity index is 407. The van der Waals surface area contributed by atoms with Crippen LogP contribution in [0.2, 0.25) is 19.6 Å². The summed E-state index contributed by atoms with van der Waals surface area (Å²) < 4.78 is 9.81. The van der Waals surface area contributed by atoms with Crippen molar-refractivity contribution in [3.05, 3.63) is 47.7 Å². The number of hydrogen-bond donors (Lipinski definition) is 0. The lowest BCUT2D eigenvalue weighted by Gasteiger charge is -2.16. The predicted molar refractivity (Wildman–Crippen MR) is 75.2 cm³/mol. The van der Waals surface area contributed by atoms with Crippen molar-refractivity contribution in [1.29, 1.82) is 0 Å². The molecule has 0 unspecified atom stereocenters. The normalized spacial score (nSPS) is 13.3. The average Bonchev–Trinajstić information content (AvgIpc) is 2.34. The van der Waals surface area contributed by atoms with E-state index in [1.54, 1.807) is 0 Å². The highest BCUT2D eigenvalue weighted by molar-refractivity contribution is 6.80. The van der Waals surface area contributed by atoms with Gasteiger partial charge < -0.3 is 9.47 Å². The standard InChI is InChI=1S/C14H20O3Si/c1-16-14(15)17-13(10-11-18(2,3)4)12-8-6-5-7-9-12/h5-11,13H,1-4H3/b11-10+/t13-/m0/s1. The van der Waals surface area contributed by atoms with E-state index in [0.29, 0.717) is 0 Å². The van der Waals surface area contributed by atoms with Crippen molar-refractivity contribution < 1.29 is 14.3 Å². The maximum Gasteiger partial charge on any atom is 0.508 e. The molecule has 0 heterocycles. The molecule has 0 radical (unpaired) electrons. The molecule has 0 fully saturated rings. The van der Waals surface area contributed by atoms with Crippen LogP contribution < -0.4 is 0 Å². The SMILES string of the molecule is COC(=O)O[C@@H](/C=C/[Si](C)(C)C)c1ccccc1. The molecule has 98 valence electrons. The summed E-state index contributed by atoms with van der Waals surface area (Å²) in [6.45, 7) is 6.68. The molecule has 4 heteroatoms. The highest BCUT2D eigenvalue weighted by Gasteiger charge is 2.16. The van der Waals surface area contributed by atoms with Gasteiger partial charge in [-0.25, -0.2) is 4.79 Å². The fourth-order valence-corrected chi connectivity index (χ4v) is 2.14. The van der Waals surface area contributed by atoms with Crippen molar-refractivity contribution in [2.45, 2.75) is 25.7 Å². The zero-order valence-electron chi connectivity index (χ0n) is 11.3. The second-order valence-corrected chi connectivity index (χ2v) is 10.2. The van der Waals surface area contributed by atoms with Gasteiger partial charge in [0.25, 0.3) is 0 Å². The van der Waals surface area contributed by atoms with Crippen LogP contribution in [-0.2, 0) is 9.47 Å². The van der Waals surface area contributed by atoms with Crippen LogP contribution in [0.3, 0.4) is 0 Å². The molecule has 0 bridgehead atoms. The number of rotatable bonds is 4. The summed E-state index contributed by atoms with van der Waals surface area (Å²) in [5.41, 5.74) is 3.10. The van der Waals surface area contributed by atoms with E-state index in [1.165, 1.54) is 7.11 Å². The monoisotopic (exact) mass is 264 g/mol. The van der Waals surface area contributed by atoms with E-state index in [2.05, 4.69) is 30.1 Å². The van der Waals surface area contributed by atoms with Crippen molar-refractivity contribution in [2.75, 3.05) is 7.11 Å². The Hall–Kier alpha value is -1.55. The Balaban J connectivity index is 2.89. The Kier molecular flexibility index (Phi) is 5.16. The molecule has 0 saturated heterocycles. The molecule has 0 N–H and O–H groups in total. The van der Waals surface area contributed by atoms with Gasteiger partial charge in [-0.05, 0) is 11.6 Å². The minimum Gasteiger partial charge on any atom is -0.438 e. The summed E-state index contributed by atoms with van der Waals surface area (Å²) in [7, 11) is -0.0147. The van der Waals surface area contributed by atoms with Crippen LogP contribution in [0.5, 0.6) is 0 Å². The van der Waals surface area contributed by atoms with Crippen molar-refractivity contribution in [3.63, 3.8) is 0 Å². The van der Waals surface area contributed by atoms with Crippen LogP contribution in [0.15, 0.2) is 42.1 Å². The first-order valence-corrected chi connectivity index (χ1v) is 9.49. The number of carbonyl (C=O) groups is 1. The van der Waals surface area contributed by atoms with Crippen LogP contribution in [-0.4, -0.2) is 21.3 Å². The number of hydrogen-bond acceptors (Lipinski definition) is 3. The summed E-state index contributed by atoms with van der Waals surface area (Å²) in [6.07, 6.45) is 0.896. The molecule has 1 aromatic carbocycles. The lowest BCUT2D eigenvalue weighted by molar-refractivity contribution is 0.0522. The van der Waals surface area contributed by atoms with Gasteiger partial charge in [0.05, 0.1) is 15.2 Å². The fourth-order valence-electron chi connectivity index (χ4n) is 1.39. The zero-order chi connectivity index (χ0) is 13.6. The molecular weight excluding hydrogens is 244 g/mol.